The summed E-state index contributed by atoms with van der Waals surface area (Å²) in [6, 6.07) is 2.22. The summed E-state index contributed by atoms with van der Waals surface area (Å²) in [5.74, 6) is 0. The normalized spacial score (nSPS) is 12.6. The van der Waals surface area contributed by atoms with Crippen LogP contribution >= 0.6 is 43.2 Å². The standard InChI is InChI=1S/C14H17Br2N3S/c1-3-4-17-13(6-11-8-20-9(2)19-11)14-12(16)5-10(15)7-18-14/h5,7-8,13,17H,3-4,6H2,1-2H3. The third kappa shape index (κ3) is 4.35. The maximum absolute atomic E-state index is 4.56. The van der Waals surface area contributed by atoms with Gasteiger partial charge in [0.1, 0.15) is 0 Å². The van der Waals surface area contributed by atoms with Crippen molar-refractivity contribution in [2.75, 3.05) is 6.54 Å². The van der Waals surface area contributed by atoms with Crippen molar-refractivity contribution in [2.45, 2.75) is 32.7 Å². The molecule has 0 amide bonds. The molecule has 108 valence electrons. The summed E-state index contributed by atoms with van der Waals surface area (Å²) in [5, 5.41) is 6.80. The summed E-state index contributed by atoms with van der Waals surface area (Å²) in [4.78, 5) is 9.11. The van der Waals surface area contributed by atoms with Gasteiger partial charge in [-0.25, -0.2) is 4.98 Å². The zero-order valence-corrected chi connectivity index (χ0v) is 15.5. The first-order valence-electron chi connectivity index (χ1n) is 6.55. The minimum absolute atomic E-state index is 0.180. The van der Waals surface area contributed by atoms with Gasteiger partial charge in [0.15, 0.2) is 0 Å². The van der Waals surface area contributed by atoms with Gasteiger partial charge in [-0.1, -0.05) is 6.92 Å². The number of hydrogen-bond acceptors (Lipinski definition) is 4. The van der Waals surface area contributed by atoms with Crippen LogP contribution in [0.2, 0.25) is 0 Å². The van der Waals surface area contributed by atoms with Crippen LogP contribution in [0, 0.1) is 6.92 Å². The van der Waals surface area contributed by atoms with Crippen molar-refractivity contribution < 1.29 is 0 Å². The van der Waals surface area contributed by atoms with Crippen LogP contribution in [0.1, 0.15) is 35.8 Å². The number of rotatable bonds is 6. The Hall–Kier alpha value is -0.300. The molecule has 0 aliphatic carbocycles. The summed E-state index contributed by atoms with van der Waals surface area (Å²) >= 11 is 8.75. The van der Waals surface area contributed by atoms with Crippen LogP contribution in [0.15, 0.2) is 26.6 Å². The second-order valence-electron chi connectivity index (χ2n) is 4.59. The molecule has 0 saturated carbocycles. The smallest absolute Gasteiger partial charge is 0.0897 e. The molecule has 0 bridgehead atoms. The number of nitrogens with zero attached hydrogens (tertiary/aromatic N) is 2. The van der Waals surface area contributed by atoms with Crippen LogP contribution in [0.3, 0.4) is 0 Å². The Morgan fingerprint density at radius 3 is 2.80 bits per heavy atom. The Kier molecular flexibility index (Phi) is 6.14. The van der Waals surface area contributed by atoms with Crippen molar-refractivity contribution in [3.63, 3.8) is 0 Å². The number of aromatic nitrogens is 2. The van der Waals surface area contributed by atoms with Gasteiger partial charge in [0, 0.05) is 26.9 Å². The number of pyridine rings is 1. The molecule has 6 heteroatoms. The molecule has 2 rings (SSSR count). The van der Waals surface area contributed by atoms with Crippen molar-refractivity contribution >= 4 is 43.2 Å². The molecule has 2 heterocycles. The van der Waals surface area contributed by atoms with Crippen LogP contribution in [0.4, 0.5) is 0 Å². The Morgan fingerprint density at radius 1 is 1.40 bits per heavy atom. The Balaban J connectivity index is 2.22. The lowest BCUT2D eigenvalue weighted by molar-refractivity contribution is 0.512. The second-order valence-corrected chi connectivity index (χ2v) is 7.42. The molecule has 3 nitrogen and oxygen atoms in total. The summed E-state index contributed by atoms with van der Waals surface area (Å²) in [7, 11) is 0. The summed E-state index contributed by atoms with van der Waals surface area (Å²) in [5.41, 5.74) is 2.16. The van der Waals surface area contributed by atoms with E-state index in [4.69, 9.17) is 0 Å². The van der Waals surface area contributed by atoms with Gasteiger partial charge in [0.25, 0.3) is 0 Å². The highest BCUT2D eigenvalue weighted by Gasteiger charge is 2.17. The molecule has 0 saturated heterocycles. The van der Waals surface area contributed by atoms with Crippen LogP contribution in [0.25, 0.3) is 0 Å². The summed E-state index contributed by atoms with van der Waals surface area (Å²) in [6.07, 6.45) is 3.80. The van der Waals surface area contributed by atoms with E-state index in [0.717, 1.165) is 44.7 Å². The predicted molar refractivity (Wildman–Crippen MR) is 91.2 cm³/mol. The minimum Gasteiger partial charge on any atom is -0.308 e. The van der Waals surface area contributed by atoms with Gasteiger partial charge in [-0.3, -0.25) is 4.98 Å². The maximum atomic E-state index is 4.56. The highest BCUT2D eigenvalue weighted by atomic mass is 79.9. The Bertz CT molecular complexity index is 571. The monoisotopic (exact) mass is 417 g/mol. The van der Waals surface area contributed by atoms with Crippen molar-refractivity contribution in [3.05, 3.63) is 43.0 Å². The fourth-order valence-corrected chi connectivity index (χ4v) is 3.87. The quantitative estimate of drug-likeness (QED) is 0.741. The lowest BCUT2D eigenvalue weighted by Crippen LogP contribution is -2.25. The minimum atomic E-state index is 0.180. The van der Waals surface area contributed by atoms with E-state index in [1.165, 1.54) is 0 Å². The fraction of sp³-hybridized carbons (Fsp3) is 0.429. The molecule has 0 aromatic carbocycles. The maximum Gasteiger partial charge on any atom is 0.0897 e. The fourth-order valence-electron chi connectivity index (χ4n) is 1.98. The van der Waals surface area contributed by atoms with Gasteiger partial charge in [-0.15, -0.1) is 11.3 Å². The largest absolute Gasteiger partial charge is 0.308 e. The first kappa shape index (κ1) is 16.1. The molecule has 0 aliphatic rings. The number of nitrogens with one attached hydrogen (secondary N) is 1. The number of aryl methyl sites for hydroxylation is 1. The number of halogens is 2. The zero-order valence-electron chi connectivity index (χ0n) is 11.5. The highest BCUT2D eigenvalue weighted by Crippen LogP contribution is 2.27. The molecule has 1 unspecified atom stereocenters. The van der Waals surface area contributed by atoms with Gasteiger partial charge >= 0.3 is 0 Å². The molecular weight excluding hydrogens is 402 g/mol. The van der Waals surface area contributed by atoms with Crippen LogP contribution in [-0.4, -0.2) is 16.5 Å². The predicted octanol–water partition coefficient (Wildman–Crippen LogP) is 4.65. The van der Waals surface area contributed by atoms with E-state index in [1.54, 1.807) is 11.3 Å². The van der Waals surface area contributed by atoms with Crippen molar-refractivity contribution in [2.24, 2.45) is 0 Å². The third-order valence-corrected chi connectivity index (χ3v) is 4.78. The molecule has 2 aromatic heterocycles. The van der Waals surface area contributed by atoms with Gasteiger partial charge < -0.3 is 5.32 Å². The number of thiazole rings is 1. The first-order valence-corrected chi connectivity index (χ1v) is 9.02. The van der Waals surface area contributed by atoms with E-state index < -0.39 is 0 Å². The van der Waals surface area contributed by atoms with Crippen molar-refractivity contribution in [1.29, 1.82) is 0 Å². The second kappa shape index (κ2) is 7.64. The molecule has 0 radical (unpaired) electrons. The molecule has 1 atom stereocenters. The van der Waals surface area contributed by atoms with E-state index in [2.05, 4.69) is 59.4 Å². The van der Waals surface area contributed by atoms with Gasteiger partial charge in [0.2, 0.25) is 0 Å². The lowest BCUT2D eigenvalue weighted by Gasteiger charge is -2.18. The Morgan fingerprint density at radius 2 is 2.20 bits per heavy atom. The van der Waals surface area contributed by atoms with Gasteiger partial charge in [-0.05, 0) is 57.8 Å². The molecule has 20 heavy (non-hydrogen) atoms. The molecular formula is C14H17Br2N3S. The first-order chi connectivity index (χ1) is 9.60. The van der Waals surface area contributed by atoms with Crippen molar-refractivity contribution in [3.8, 4) is 0 Å². The van der Waals surface area contributed by atoms with Gasteiger partial charge in [-0.2, -0.15) is 0 Å². The average Bonchev–Trinajstić information content (AvgIpc) is 2.80. The molecule has 0 spiro atoms. The third-order valence-electron chi connectivity index (χ3n) is 2.89. The molecule has 1 N–H and O–H groups in total. The lowest BCUT2D eigenvalue weighted by atomic mass is 10.1. The molecule has 2 aromatic rings. The SMILES string of the molecule is CCCNC(Cc1csc(C)n1)c1ncc(Br)cc1Br. The van der Waals surface area contributed by atoms with Crippen LogP contribution in [0.5, 0.6) is 0 Å². The van der Waals surface area contributed by atoms with E-state index in [0.29, 0.717) is 0 Å². The zero-order chi connectivity index (χ0) is 14.5. The highest BCUT2D eigenvalue weighted by molar-refractivity contribution is 9.11. The molecule has 0 fully saturated rings. The van der Waals surface area contributed by atoms with E-state index in [9.17, 15) is 0 Å². The van der Waals surface area contributed by atoms with Crippen molar-refractivity contribution in [1.82, 2.24) is 15.3 Å². The Labute approximate surface area is 140 Å². The van der Waals surface area contributed by atoms with E-state index in [-0.39, 0.29) is 6.04 Å². The topological polar surface area (TPSA) is 37.8 Å². The average molecular weight is 419 g/mol. The number of hydrogen-bond donors (Lipinski definition) is 1. The van der Waals surface area contributed by atoms with E-state index in [1.807, 2.05) is 19.2 Å². The summed E-state index contributed by atoms with van der Waals surface area (Å²) in [6.45, 7) is 5.18. The van der Waals surface area contributed by atoms with Gasteiger partial charge in [0.05, 0.1) is 22.4 Å². The van der Waals surface area contributed by atoms with E-state index >= 15 is 0 Å². The molecule has 0 aliphatic heterocycles. The summed E-state index contributed by atoms with van der Waals surface area (Å²) < 4.78 is 2.00. The van der Waals surface area contributed by atoms with Crippen LogP contribution in [-0.2, 0) is 6.42 Å². The van der Waals surface area contributed by atoms with Crippen LogP contribution < -0.4 is 5.32 Å².